The fourth-order valence-corrected chi connectivity index (χ4v) is 2.53. The van der Waals surface area contributed by atoms with Crippen LogP contribution in [0.1, 0.15) is 25.7 Å². The minimum Gasteiger partial charge on any atom is -0.466 e. The molecule has 0 spiro atoms. The number of nitrogens with zero attached hydrogens (tertiary/aromatic N) is 1. The summed E-state index contributed by atoms with van der Waals surface area (Å²) >= 11 is 0. The first-order valence-corrected chi connectivity index (χ1v) is 4.73. The first kappa shape index (κ1) is 8.05. The number of rotatable bonds is 3. The van der Waals surface area contributed by atoms with Crippen LogP contribution in [0, 0.1) is 0 Å². The molecule has 0 aliphatic carbocycles. The largest absolute Gasteiger partial charge is 0.466 e. The maximum Gasteiger partial charge on any atom is 0.293 e. The van der Waals surface area contributed by atoms with E-state index in [0.29, 0.717) is 19.1 Å². The van der Waals surface area contributed by atoms with Crippen molar-refractivity contribution in [3.05, 3.63) is 0 Å². The number of hydrogen-bond acceptors (Lipinski definition) is 3. The summed E-state index contributed by atoms with van der Waals surface area (Å²) in [6.45, 7) is 2.36. The number of hydrogen-bond donors (Lipinski definition) is 0. The third-order valence-electron chi connectivity index (χ3n) is 3.08. The van der Waals surface area contributed by atoms with Crippen LogP contribution in [0.4, 0.5) is 0 Å². The Morgan fingerprint density at radius 1 is 1.42 bits per heavy atom. The van der Waals surface area contributed by atoms with Crippen LogP contribution in [-0.4, -0.2) is 36.6 Å². The molecule has 12 heavy (non-hydrogen) atoms. The number of ether oxygens (including phenoxy) is 1. The van der Waals surface area contributed by atoms with Crippen LogP contribution in [0.5, 0.6) is 0 Å². The van der Waals surface area contributed by atoms with Crippen LogP contribution < -0.4 is 0 Å². The minimum absolute atomic E-state index is 0.516. The van der Waals surface area contributed by atoms with Gasteiger partial charge in [0.1, 0.15) is 6.61 Å². The molecule has 2 atom stereocenters. The third-order valence-corrected chi connectivity index (χ3v) is 3.08. The highest BCUT2D eigenvalue weighted by Gasteiger charge is 2.36. The molecular formula is C9H15NO2. The van der Waals surface area contributed by atoms with Gasteiger partial charge in [0.15, 0.2) is 0 Å². The zero-order chi connectivity index (χ0) is 8.39. The first-order valence-electron chi connectivity index (χ1n) is 4.73. The Labute approximate surface area is 72.7 Å². The standard InChI is InChI=1S/C9H15NO2/c11-7-12-6-9-4-3-8-2-1-5-10(8)9/h7-9H,1-6H2. The van der Waals surface area contributed by atoms with Gasteiger partial charge in [-0.05, 0) is 32.2 Å². The van der Waals surface area contributed by atoms with Gasteiger partial charge in [-0.1, -0.05) is 0 Å². The Morgan fingerprint density at radius 2 is 2.33 bits per heavy atom. The fourth-order valence-electron chi connectivity index (χ4n) is 2.53. The van der Waals surface area contributed by atoms with Gasteiger partial charge in [-0.3, -0.25) is 9.69 Å². The van der Waals surface area contributed by atoms with E-state index in [1.165, 1.54) is 32.2 Å². The normalized spacial score (nSPS) is 35.0. The topological polar surface area (TPSA) is 29.5 Å². The van der Waals surface area contributed by atoms with Crippen molar-refractivity contribution in [2.75, 3.05) is 13.2 Å². The van der Waals surface area contributed by atoms with E-state index in [0.717, 1.165) is 6.04 Å². The van der Waals surface area contributed by atoms with Crippen LogP contribution in [-0.2, 0) is 9.53 Å². The van der Waals surface area contributed by atoms with Crippen molar-refractivity contribution in [2.24, 2.45) is 0 Å². The summed E-state index contributed by atoms with van der Waals surface area (Å²) in [5.74, 6) is 0. The summed E-state index contributed by atoms with van der Waals surface area (Å²) in [7, 11) is 0. The van der Waals surface area contributed by atoms with Gasteiger partial charge >= 0.3 is 0 Å². The molecule has 2 aliphatic rings. The van der Waals surface area contributed by atoms with Gasteiger partial charge in [0, 0.05) is 12.1 Å². The van der Waals surface area contributed by atoms with E-state index in [1.807, 2.05) is 0 Å². The molecular weight excluding hydrogens is 154 g/mol. The van der Waals surface area contributed by atoms with Crippen molar-refractivity contribution in [1.82, 2.24) is 4.90 Å². The van der Waals surface area contributed by atoms with Crippen molar-refractivity contribution in [3.8, 4) is 0 Å². The lowest BCUT2D eigenvalue weighted by Gasteiger charge is -2.22. The van der Waals surface area contributed by atoms with Crippen LogP contribution in [0.2, 0.25) is 0 Å². The predicted molar refractivity (Wildman–Crippen MR) is 44.8 cm³/mol. The summed E-state index contributed by atoms with van der Waals surface area (Å²) in [6, 6.07) is 1.31. The van der Waals surface area contributed by atoms with Crippen molar-refractivity contribution in [1.29, 1.82) is 0 Å². The molecule has 2 unspecified atom stereocenters. The van der Waals surface area contributed by atoms with E-state index >= 15 is 0 Å². The molecule has 0 aromatic carbocycles. The van der Waals surface area contributed by atoms with Crippen LogP contribution in [0.15, 0.2) is 0 Å². The van der Waals surface area contributed by atoms with Crippen molar-refractivity contribution in [2.45, 2.75) is 37.8 Å². The molecule has 0 aromatic heterocycles. The Hall–Kier alpha value is -0.570. The van der Waals surface area contributed by atoms with E-state index in [2.05, 4.69) is 4.90 Å². The van der Waals surface area contributed by atoms with Crippen molar-refractivity contribution >= 4 is 6.47 Å². The second kappa shape index (κ2) is 3.44. The van der Waals surface area contributed by atoms with Gasteiger partial charge in [-0.25, -0.2) is 0 Å². The highest BCUT2D eigenvalue weighted by atomic mass is 16.5. The number of fused-ring (bicyclic) bond motifs is 1. The van der Waals surface area contributed by atoms with Gasteiger partial charge in [0.2, 0.25) is 0 Å². The van der Waals surface area contributed by atoms with Crippen molar-refractivity contribution in [3.63, 3.8) is 0 Å². The van der Waals surface area contributed by atoms with E-state index in [4.69, 9.17) is 4.74 Å². The SMILES string of the molecule is O=COCC1CCC2CCCN21. The average Bonchev–Trinajstić information content (AvgIpc) is 2.62. The molecule has 68 valence electrons. The highest BCUT2D eigenvalue weighted by molar-refractivity contribution is 5.37. The Morgan fingerprint density at radius 3 is 3.17 bits per heavy atom. The van der Waals surface area contributed by atoms with E-state index in [1.54, 1.807) is 0 Å². The van der Waals surface area contributed by atoms with E-state index in [-0.39, 0.29) is 0 Å². The third kappa shape index (κ3) is 1.33. The minimum atomic E-state index is 0.516. The maximum absolute atomic E-state index is 10.0. The molecule has 2 heterocycles. The molecule has 0 N–H and O–H groups in total. The van der Waals surface area contributed by atoms with Crippen LogP contribution in [0.3, 0.4) is 0 Å². The predicted octanol–water partition coefficient (Wildman–Crippen LogP) is 0.786. The molecule has 2 saturated heterocycles. The first-order chi connectivity index (χ1) is 5.92. The molecule has 2 aliphatic heterocycles. The lowest BCUT2D eigenvalue weighted by molar-refractivity contribution is -0.130. The Bertz CT molecular complexity index is 172. The van der Waals surface area contributed by atoms with Crippen molar-refractivity contribution < 1.29 is 9.53 Å². The number of carbonyl (C=O) groups excluding carboxylic acids is 1. The van der Waals surface area contributed by atoms with Crippen LogP contribution >= 0.6 is 0 Å². The molecule has 3 heteroatoms. The average molecular weight is 169 g/mol. The molecule has 0 saturated carbocycles. The van der Waals surface area contributed by atoms with Gasteiger partial charge < -0.3 is 4.74 Å². The van der Waals surface area contributed by atoms with Gasteiger partial charge in [-0.15, -0.1) is 0 Å². The summed E-state index contributed by atoms with van der Waals surface area (Å²) in [5.41, 5.74) is 0. The summed E-state index contributed by atoms with van der Waals surface area (Å²) in [5, 5.41) is 0. The molecule has 2 fully saturated rings. The lowest BCUT2D eigenvalue weighted by Crippen LogP contribution is -2.34. The molecule has 0 bridgehead atoms. The fraction of sp³-hybridized carbons (Fsp3) is 0.889. The lowest BCUT2D eigenvalue weighted by atomic mass is 10.1. The second-order valence-electron chi connectivity index (χ2n) is 3.69. The van der Waals surface area contributed by atoms with E-state index < -0.39 is 0 Å². The summed E-state index contributed by atoms with van der Waals surface area (Å²) in [4.78, 5) is 12.5. The quantitative estimate of drug-likeness (QED) is 0.585. The number of carbonyl (C=O) groups is 1. The molecule has 2 rings (SSSR count). The smallest absolute Gasteiger partial charge is 0.293 e. The highest BCUT2D eigenvalue weighted by Crippen LogP contribution is 2.32. The van der Waals surface area contributed by atoms with Crippen LogP contribution in [0.25, 0.3) is 0 Å². The second-order valence-corrected chi connectivity index (χ2v) is 3.69. The molecule has 0 radical (unpaired) electrons. The zero-order valence-electron chi connectivity index (χ0n) is 7.24. The monoisotopic (exact) mass is 169 g/mol. The van der Waals surface area contributed by atoms with Gasteiger partial charge in [0.25, 0.3) is 6.47 Å². The van der Waals surface area contributed by atoms with E-state index in [9.17, 15) is 4.79 Å². The molecule has 0 amide bonds. The molecule has 0 aromatic rings. The maximum atomic E-state index is 10.0. The van der Waals surface area contributed by atoms with Gasteiger partial charge in [-0.2, -0.15) is 0 Å². The zero-order valence-corrected chi connectivity index (χ0v) is 7.24. The van der Waals surface area contributed by atoms with Gasteiger partial charge in [0.05, 0.1) is 0 Å². The summed E-state index contributed by atoms with van der Waals surface area (Å²) < 4.78 is 4.80. The Kier molecular flexibility index (Phi) is 2.30. The Balaban J connectivity index is 1.86. The summed E-state index contributed by atoms with van der Waals surface area (Å²) in [6.07, 6.45) is 5.17. The molecule has 3 nitrogen and oxygen atoms in total.